The Balaban J connectivity index is 1.58. The van der Waals surface area contributed by atoms with Crippen LogP contribution in [0.4, 0.5) is 0 Å². The largest absolute Gasteiger partial charge is 0.370 e. The summed E-state index contributed by atoms with van der Waals surface area (Å²) in [6.07, 6.45) is 2.01. The van der Waals surface area contributed by atoms with Crippen LogP contribution in [0.25, 0.3) is 0 Å². The molecule has 5 rings (SSSR count). The Morgan fingerprint density at radius 3 is 1.35 bits per heavy atom. The molecule has 7 N–H and O–H groups in total. The average Bonchev–Trinajstić information content (AvgIpc) is 3.94. The molecule has 3 aliphatic heterocycles. The van der Waals surface area contributed by atoms with Crippen LogP contribution in [0.15, 0.2) is 60.7 Å². The molecule has 0 aromatic heterocycles. The van der Waals surface area contributed by atoms with Crippen molar-refractivity contribution in [2.75, 3.05) is 13.1 Å². The molecule has 0 saturated carbocycles. The first kappa shape index (κ1) is 45.3. The summed E-state index contributed by atoms with van der Waals surface area (Å²) in [5, 5.41) is 14.0. The molecule has 2 aromatic carbocycles. The molecule has 0 bridgehead atoms. The van der Waals surface area contributed by atoms with Gasteiger partial charge in [-0.05, 0) is 48.6 Å². The van der Waals surface area contributed by atoms with Gasteiger partial charge >= 0.3 is 0 Å². The van der Waals surface area contributed by atoms with Crippen LogP contribution in [-0.4, -0.2) is 112 Å². The van der Waals surface area contributed by atoms with Gasteiger partial charge in [0.2, 0.25) is 47.3 Å². The van der Waals surface area contributed by atoms with E-state index in [9.17, 15) is 38.4 Å². The number of hydrogen-bond donors (Lipinski definition) is 6. The molecule has 16 heteroatoms. The quantitative estimate of drug-likeness (QED) is 0.201. The van der Waals surface area contributed by atoms with E-state index in [0.29, 0.717) is 44.1 Å². The molecule has 0 spiro atoms. The zero-order chi connectivity index (χ0) is 43.5. The highest BCUT2D eigenvalue weighted by atomic mass is 16.2. The van der Waals surface area contributed by atoms with E-state index in [0.717, 1.165) is 5.56 Å². The summed E-state index contributed by atoms with van der Waals surface area (Å²) in [7, 11) is 0. The van der Waals surface area contributed by atoms with E-state index >= 15 is 0 Å². The fourth-order valence-electron chi connectivity index (χ4n) is 8.21. The van der Waals surface area contributed by atoms with Crippen molar-refractivity contribution in [3.8, 4) is 0 Å². The van der Waals surface area contributed by atoms with Gasteiger partial charge in [-0.2, -0.15) is 0 Å². The van der Waals surface area contributed by atoms with E-state index in [-0.39, 0.29) is 31.8 Å². The van der Waals surface area contributed by atoms with Gasteiger partial charge in [0.1, 0.15) is 42.3 Å². The number of carbonyl (C=O) groups excluding carboxylic acids is 8. The molecule has 0 radical (unpaired) electrons. The van der Waals surface area contributed by atoms with E-state index in [1.165, 1.54) is 9.80 Å². The maximum Gasteiger partial charge on any atom is 0.246 e. The summed E-state index contributed by atoms with van der Waals surface area (Å²) in [4.78, 5) is 115. The third kappa shape index (κ3) is 11.3. The second-order valence-corrected chi connectivity index (χ2v) is 16.4. The van der Waals surface area contributed by atoms with Crippen LogP contribution in [0, 0.1) is 11.8 Å². The number of rotatable bonds is 10. The second kappa shape index (κ2) is 20.9. The number of amides is 8. The monoisotopic (exact) mass is 828 g/mol. The molecule has 3 aliphatic rings. The van der Waals surface area contributed by atoms with Crippen LogP contribution in [0.3, 0.4) is 0 Å². The summed E-state index contributed by atoms with van der Waals surface area (Å²) in [6.45, 7) is 7.69. The highest BCUT2D eigenvalue weighted by Gasteiger charge is 2.43. The van der Waals surface area contributed by atoms with E-state index in [4.69, 9.17) is 5.73 Å². The van der Waals surface area contributed by atoms with E-state index in [1.807, 2.05) is 51.1 Å². The van der Waals surface area contributed by atoms with Gasteiger partial charge in [-0.25, -0.2) is 0 Å². The van der Waals surface area contributed by atoms with E-state index in [1.54, 1.807) is 37.3 Å². The van der Waals surface area contributed by atoms with Crippen molar-refractivity contribution >= 4 is 47.3 Å². The first-order valence-corrected chi connectivity index (χ1v) is 21.2. The first-order valence-electron chi connectivity index (χ1n) is 21.2. The normalized spacial score (nSPS) is 27.3. The first-order chi connectivity index (χ1) is 28.7. The number of primary amides is 1. The Labute approximate surface area is 351 Å². The van der Waals surface area contributed by atoms with Crippen molar-refractivity contribution in [2.24, 2.45) is 17.6 Å². The molecule has 3 saturated heterocycles. The summed E-state index contributed by atoms with van der Waals surface area (Å²) in [5.74, 6) is -6.14. The summed E-state index contributed by atoms with van der Waals surface area (Å²) < 4.78 is 0. The number of nitrogens with zero attached hydrogens (tertiary/aromatic N) is 2. The fourth-order valence-corrected chi connectivity index (χ4v) is 8.21. The Morgan fingerprint density at radius 1 is 0.583 bits per heavy atom. The van der Waals surface area contributed by atoms with Gasteiger partial charge in [0.25, 0.3) is 0 Å². The van der Waals surface area contributed by atoms with Crippen molar-refractivity contribution in [1.82, 2.24) is 36.4 Å². The molecule has 8 amide bonds. The standard InChI is InChI=1S/C44H60N8O8/c1-5-26(3)36-41(57)46-30(25-35(45)53)38(54)47-31(23-28-15-9-7-10-16-28)43(59)51-21-13-19-33(51)40(56)50-37(27(4)6-2)42(58)48-32(24-29-17-11-8-12-18-29)44(60)52-22-14-20-34(52)39(55)49-36/h7-12,15-18,26-27,30-34,36-37H,5-6,13-14,19-25H2,1-4H3,(H2,45,53)(H,46,57)(H,47,54)(H,48,58)(H,49,55)(H,50,56)/t26-,27+,30-,31-,32-,33-,34-,36-,37-/m0/s1. The maximum atomic E-state index is 14.5. The predicted molar refractivity (Wildman–Crippen MR) is 222 cm³/mol. The van der Waals surface area contributed by atoms with Crippen molar-refractivity contribution in [1.29, 1.82) is 0 Å². The van der Waals surface area contributed by atoms with Crippen LogP contribution in [0.1, 0.15) is 83.8 Å². The topological polar surface area (TPSA) is 229 Å². The number of fused-ring (bicyclic) bond motifs is 2. The minimum absolute atomic E-state index is 0.0195. The fraction of sp³-hybridized carbons (Fsp3) is 0.545. The Bertz CT molecular complexity index is 1880. The summed E-state index contributed by atoms with van der Waals surface area (Å²) in [6, 6.07) is 9.98. The van der Waals surface area contributed by atoms with Gasteiger partial charge in [0.05, 0.1) is 6.42 Å². The van der Waals surface area contributed by atoms with Crippen molar-refractivity contribution in [2.45, 2.75) is 128 Å². The third-order valence-electron chi connectivity index (χ3n) is 12.1. The number of hydrogen-bond acceptors (Lipinski definition) is 8. The van der Waals surface area contributed by atoms with Gasteiger partial charge in [-0.1, -0.05) is 101 Å². The lowest BCUT2D eigenvalue weighted by atomic mass is 9.96. The highest BCUT2D eigenvalue weighted by Crippen LogP contribution is 2.24. The van der Waals surface area contributed by atoms with Gasteiger partial charge < -0.3 is 42.1 Å². The summed E-state index contributed by atoms with van der Waals surface area (Å²) in [5.41, 5.74) is 7.04. The molecule has 2 aromatic rings. The zero-order valence-electron chi connectivity index (χ0n) is 35.0. The van der Waals surface area contributed by atoms with Gasteiger partial charge in [0, 0.05) is 25.9 Å². The lowest BCUT2D eigenvalue weighted by Gasteiger charge is -2.33. The average molecular weight is 829 g/mol. The molecule has 324 valence electrons. The molecule has 3 fully saturated rings. The zero-order valence-corrected chi connectivity index (χ0v) is 35.0. The highest BCUT2D eigenvalue weighted by molar-refractivity contribution is 6.00. The van der Waals surface area contributed by atoms with Crippen LogP contribution in [0.2, 0.25) is 0 Å². The Morgan fingerprint density at radius 2 is 0.967 bits per heavy atom. The van der Waals surface area contributed by atoms with Gasteiger partial charge in [0.15, 0.2) is 0 Å². The smallest absolute Gasteiger partial charge is 0.246 e. The number of nitrogens with one attached hydrogen (secondary N) is 5. The van der Waals surface area contributed by atoms with Crippen molar-refractivity contribution in [3.63, 3.8) is 0 Å². The van der Waals surface area contributed by atoms with Gasteiger partial charge in [-0.3, -0.25) is 38.4 Å². The van der Waals surface area contributed by atoms with Crippen LogP contribution in [0.5, 0.6) is 0 Å². The third-order valence-corrected chi connectivity index (χ3v) is 12.1. The molecule has 16 nitrogen and oxygen atoms in total. The van der Waals surface area contributed by atoms with Crippen LogP contribution in [-0.2, 0) is 51.2 Å². The number of nitrogens with two attached hydrogens (primary N) is 1. The molecular weight excluding hydrogens is 769 g/mol. The van der Waals surface area contributed by atoms with E-state index < -0.39 is 102 Å². The second-order valence-electron chi connectivity index (χ2n) is 16.4. The lowest BCUT2D eigenvalue weighted by Crippen LogP contribution is -2.61. The summed E-state index contributed by atoms with van der Waals surface area (Å²) >= 11 is 0. The maximum absolute atomic E-state index is 14.5. The van der Waals surface area contributed by atoms with Crippen LogP contribution >= 0.6 is 0 Å². The van der Waals surface area contributed by atoms with Crippen molar-refractivity contribution in [3.05, 3.63) is 71.8 Å². The van der Waals surface area contributed by atoms with Crippen LogP contribution < -0.4 is 32.3 Å². The lowest BCUT2D eigenvalue weighted by molar-refractivity contribution is -0.143. The molecule has 3 heterocycles. The molecule has 0 aliphatic carbocycles. The van der Waals surface area contributed by atoms with E-state index in [2.05, 4.69) is 26.6 Å². The number of benzene rings is 2. The molecular formula is C44H60N8O8. The number of carbonyl (C=O) groups is 8. The Hall–Kier alpha value is -5.80. The molecule has 0 unspecified atom stereocenters. The minimum atomic E-state index is -1.52. The minimum Gasteiger partial charge on any atom is -0.370 e. The van der Waals surface area contributed by atoms with Crippen molar-refractivity contribution < 1.29 is 38.4 Å². The molecule has 60 heavy (non-hydrogen) atoms. The predicted octanol–water partition coefficient (Wildman–Crippen LogP) is 0.859. The SMILES string of the molecule is CC[C@@H](C)[C@@H]1NC(=O)[C@@H]2CCCN2C(=O)[C@H](Cc2ccccc2)NC(=O)[C@H](CC(N)=O)NC(=O)[C@H]([C@@H](C)CC)NC(=O)[C@@H]2CCCN2C(=O)[C@H](Cc2ccccc2)NC1=O. The molecule has 9 atom stereocenters. The van der Waals surface area contributed by atoms with Gasteiger partial charge in [-0.15, -0.1) is 0 Å². The Kier molecular flexibility index (Phi) is 15.8.